The van der Waals surface area contributed by atoms with Gasteiger partial charge < -0.3 is 10.2 Å². The van der Waals surface area contributed by atoms with Gasteiger partial charge in [-0.2, -0.15) is 0 Å². The van der Waals surface area contributed by atoms with E-state index in [2.05, 4.69) is 40.5 Å². The average Bonchev–Trinajstić information content (AvgIpc) is 2.76. The lowest BCUT2D eigenvalue weighted by molar-refractivity contribution is -0.126. The van der Waals surface area contributed by atoms with E-state index in [4.69, 9.17) is 0 Å². The number of likely N-dealkylation sites (tertiary alicyclic amines) is 1. The second-order valence-electron chi connectivity index (χ2n) is 8.78. The first-order chi connectivity index (χ1) is 14.5. The van der Waals surface area contributed by atoms with E-state index in [-0.39, 0.29) is 17.6 Å². The molecule has 2 saturated heterocycles. The van der Waals surface area contributed by atoms with Crippen molar-refractivity contribution in [1.82, 2.24) is 14.5 Å². The summed E-state index contributed by atoms with van der Waals surface area (Å²) < 4.78 is 26.1. The zero-order valence-electron chi connectivity index (χ0n) is 18.3. The summed E-state index contributed by atoms with van der Waals surface area (Å²) in [7, 11) is -3.22. The molecular formula is C23H37N3O3S. The van der Waals surface area contributed by atoms with Gasteiger partial charge in [-0.05, 0) is 63.1 Å². The van der Waals surface area contributed by atoms with E-state index < -0.39 is 10.0 Å². The van der Waals surface area contributed by atoms with E-state index in [1.54, 1.807) is 0 Å². The molecule has 30 heavy (non-hydrogen) atoms. The topological polar surface area (TPSA) is 69.7 Å². The lowest BCUT2D eigenvalue weighted by Crippen LogP contribution is -2.47. The normalized spacial score (nSPS) is 22.1. The van der Waals surface area contributed by atoms with Crippen molar-refractivity contribution < 1.29 is 13.2 Å². The molecule has 3 rings (SSSR count). The summed E-state index contributed by atoms with van der Waals surface area (Å²) in [6.45, 7) is 6.42. The molecule has 1 atom stereocenters. The Labute approximate surface area is 182 Å². The molecule has 2 aliphatic heterocycles. The summed E-state index contributed by atoms with van der Waals surface area (Å²) in [6, 6.07) is 10.7. The van der Waals surface area contributed by atoms with Crippen molar-refractivity contribution in [3.63, 3.8) is 0 Å². The Morgan fingerprint density at radius 1 is 1.10 bits per heavy atom. The number of benzene rings is 1. The molecule has 1 aromatic carbocycles. The predicted octanol–water partition coefficient (Wildman–Crippen LogP) is 2.51. The number of nitrogens with zero attached hydrogens (tertiary/aromatic N) is 2. The number of sulfonamides is 1. The molecule has 6 nitrogen and oxygen atoms in total. The average molecular weight is 436 g/mol. The monoisotopic (exact) mass is 435 g/mol. The minimum Gasteiger partial charge on any atom is -0.355 e. The largest absolute Gasteiger partial charge is 0.355 e. The highest BCUT2D eigenvalue weighted by Crippen LogP contribution is 2.22. The third kappa shape index (κ3) is 6.79. The molecule has 0 spiro atoms. The van der Waals surface area contributed by atoms with Crippen LogP contribution < -0.4 is 5.32 Å². The van der Waals surface area contributed by atoms with E-state index in [9.17, 15) is 13.2 Å². The van der Waals surface area contributed by atoms with Crippen LogP contribution in [0.25, 0.3) is 0 Å². The van der Waals surface area contributed by atoms with Crippen LogP contribution in [0.5, 0.6) is 0 Å². The molecule has 0 bridgehead atoms. The number of piperidine rings is 2. The second kappa shape index (κ2) is 11.3. The van der Waals surface area contributed by atoms with Crippen LogP contribution in [-0.4, -0.2) is 68.6 Å². The van der Waals surface area contributed by atoms with Gasteiger partial charge in [-0.15, -0.1) is 0 Å². The van der Waals surface area contributed by atoms with Crippen LogP contribution in [0.1, 0.15) is 44.6 Å². The second-order valence-corrected chi connectivity index (χ2v) is 10.9. The molecule has 0 radical (unpaired) electrons. The van der Waals surface area contributed by atoms with Crippen molar-refractivity contribution in [2.24, 2.45) is 11.8 Å². The molecule has 2 fully saturated rings. The maximum atomic E-state index is 12.6. The van der Waals surface area contributed by atoms with Crippen LogP contribution >= 0.6 is 0 Å². The van der Waals surface area contributed by atoms with Crippen molar-refractivity contribution >= 4 is 15.9 Å². The van der Waals surface area contributed by atoms with Crippen molar-refractivity contribution in [2.75, 3.05) is 45.0 Å². The highest BCUT2D eigenvalue weighted by Gasteiger charge is 2.31. The van der Waals surface area contributed by atoms with E-state index in [1.165, 1.54) is 22.7 Å². The zero-order chi connectivity index (χ0) is 21.4. The van der Waals surface area contributed by atoms with E-state index in [0.717, 1.165) is 44.8 Å². The van der Waals surface area contributed by atoms with Gasteiger partial charge >= 0.3 is 0 Å². The number of carbonyl (C=O) groups excluding carboxylic acids is 1. The molecule has 1 N–H and O–H groups in total. The van der Waals surface area contributed by atoms with Gasteiger partial charge in [0.25, 0.3) is 0 Å². The number of nitrogens with one attached hydrogen (secondary N) is 1. The number of amides is 1. The fourth-order valence-corrected chi connectivity index (χ4v) is 6.23. The molecule has 0 aromatic heterocycles. The van der Waals surface area contributed by atoms with Crippen LogP contribution in [0.3, 0.4) is 0 Å². The Balaban J connectivity index is 1.35. The zero-order valence-corrected chi connectivity index (χ0v) is 19.1. The van der Waals surface area contributed by atoms with Crippen LogP contribution in [-0.2, 0) is 21.2 Å². The molecule has 1 aromatic rings. The van der Waals surface area contributed by atoms with Gasteiger partial charge in [-0.25, -0.2) is 12.7 Å². The molecule has 168 valence electrons. The maximum absolute atomic E-state index is 12.6. The summed E-state index contributed by atoms with van der Waals surface area (Å²) >= 11 is 0. The lowest BCUT2D eigenvalue weighted by atomic mass is 9.90. The van der Waals surface area contributed by atoms with Crippen molar-refractivity contribution in [1.29, 1.82) is 0 Å². The number of carbonyl (C=O) groups is 1. The number of rotatable bonds is 9. The minimum atomic E-state index is -3.22. The predicted molar refractivity (Wildman–Crippen MR) is 121 cm³/mol. The van der Waals surface area contributed by atoms with Crippen molar-refractivity contribution in [2.45, 2.75) is 45.4 Å². The molecular weight excluding hydrogens is 398 g/mol. The molecule has 2 aliphatic rings. The fourth-order valence-electron chi connectivity index (χ4n) is 4.64. The Hall–Kier alpha value is -1.44. The van der Waals surface area contributed by atoms with Crippen molar-refractivity contribution in [3.05, 3.63) is 35.9 Å². The first-order valence-electron chi connectivity index (χ1n) is 11.5. The summed E-state index contributed by atoms with van der Waals surface area (Å²) in [5.74, 6) is 0.700. The van der Waals surface area contributed by atoms with Crippen LogP contribution in [0.4, 0.5) is 0 Å². The third-order valence-electron chi connectivity index (χ3n) is 6.41. The molecule has 2 heterocycles. The summed E-state index contributed by atoms with van der Waals surface area (Å²) in [6.07, 6.45) is 5.71. The first kappa shape index (κ1) is 23.2. The van der Waals surface area contributed by atoms with Crippen molar-refractivity contribution in [3.8, 4) is 0 Å². The lowest BCUT2D eigenvalue weighted by Gasteiger charge is -2.33. The molecule has 0 aliphatic carbocycles. The molecule has 0 saturated carbocycles. The van der Waals surface area contributed by atoms with Gasteiger partial charge in [0.2, 0.25) is 15.9 Å². The number of hydrogen-bond acceptors (Lipinski definition) is 4. The van der Waals surface area contributed by atoms with Crippen LogP contribution in [0.2, 0.25) is 0 Å². The quantitative estimate of drug-likeness (QED) is 0.647. The Morgan fingerprint density at radius 3 is 2.53 bits per heavy atom. The number of hydrogen-bond donors (Lipinski definition) is 1. The first-order valence-corrected chi connectivity index (χ1v) is 13.1. The maximum Gasteiger partial charge on any atom is 0.224 e. The summed E-state index contributed by atoms with van der Waals surface area (Å²) in [5.41, 5.74) is 1.42. The Bertz CT molecular complexity index is 761. The summed E-state index contributed by atoms with van der Waals surface area (Å²) in [4.78, 5) is 15.0. The van der Waals surface area contributed by atoms with E-state index >= 15 is 0 Å². The van der Waals surface area contributed by atoms with Gasteiger partial charge in [0.05, 0.1) is 11.7 Å². The summed E-state index contributed by atoms with van der Waals surface area (Å²) in [5, 5.41) is 3.05. The van der Waals surface area contributed by atoms with Gasteiger partial charge in [0.1, 0.15) is 0 Å². The van der Waals surface area contributed by atoms with Gasteiger partial charge in [-0.1, -0.05) is 37.3 Å². The molecule has 1 amide bonds. The fraction of sp³-hybridized carbons (Fsp3) is 0.696. The third-order valence-corrected chi connectivity index (χ3v) is 8.45. The molecule has 7 heteroatoms. The minimum absolute atomic E-state index is 0.00496. The van der Waals surface area contributed by atoms with E-state index in [0.29, 0.717) is 26.1 Å². The van der Waals surface area contributed by atoms with Crippen LogP contribution in [0.15, 0.2) is 30.3 Å². The Kier molecular flexibility index (Phi) is 8.72. The van der Waals surface area contributed by atoms with Crippen LogP contribution in [0, 0.1) is 11.8 Å². The van der Waals surface area contributed by atoms with E-state index in [1.807, 2.05) is 6.92 Å². The Morgan fingerprint density at radius 2 is 1.83 bits per heavy atom. The highest BCUT2D eigenvalue weighted by molar-refractivity contribution is 7.89. The van der Waals surface area contributed by atoms with Gasteiger partial charge in [0.15, 0.2) is 0 Å². The SMILES string of the molecule is CCCS(=O)(=O)N1CCC[C@@H](C(=O)NCCN2CCC(Cc3ccccc3)CC2)C1. The molecule has 0 unspecified atom stereocenters. The standard InChI is InChI=1S/C23H37N3O3S/c1-2-17-30(28,29)26-13-6-9-22(19-26)23(27)24-12-16-25-14-10-21(11-15-25)18-20-7-4-3-5-8-20/h3-5,7-8,21-22H,2,6,9-19H2,1H3,(H,24,27)/t22-/m1/s1. The smallest absolute Gasteiger partial charge is 0.224 e. The van der Waals surface area contributed by atoms with Gasteiger partial charge in [0, 0.05) is 26.2 Å². The van der Waals surface area contributed by atoms with Gasteiger partial charge in [-0.3, -0.25) is 4.79 Å². The highest BCUT2D eigenvalue weighted by atomic mass is 32.2.